The lowest BCUT2D eigenvalue weighted by Gasteiger charge is -2.11. The largest absolute Gasteiger partial charge is 0.462 e. The molecule has 0 spiro atoms. The van der Waals surface area contributed by atoms with Crippen molar-refractivity contribution in [2.24, 2.45) is 0 Å². The predicted molar refractivity (Wildman–Crippen MR) is 141 cm³/mol. The number of hydrogen-bond acceptors (Lipinski definition) is 7. The number of carbonyl (C=O) groups is 2. The number of allylic oxidation sites excluding steroid dienone is 1. The normalized spacial score (nSPS) is 11.5. The molecule has 0 aliphatic rings. The molecule has 0 fully saturated rings. The van der Waals surface area contributed by atoms with Gasteiger partial charge in [-0.3, -0.25) is 4.79 Å². The topological polar surface area (TPSA) is 104 Å². The highest BCUT2D eigenvalue weighted by atomic mass is 16.5. The minimum atomic E-state index is -0.837. The predicted octanol–water partition coefficient (Wildman–Crippen LogP) is 5.74. The molecule has 0 radical (unpaired) electrons. The van der Waals surface area contributed by atoms with Crippen LogP contribution in [0, 0.1) is 13.8 Å². The third kappa shape index (κ3) is 4.36. The Kier molecular flexibility index (Phi) is 6.05. The second kappa shape index (κ2) is 9.35. The third-order valence-corrected chi connectivity index (χ3v) is 6.19. The van der Waals surface area contributed by atoms with Crippen LogP contribution in [0.25, 0.3) is 38.8 Å². The molecule has 5 rings (SSSR count). The van der Waals surface area contributed by atoms with Crippen molar-refractivity contribution in [3.8, 4) is 0 Å². The summed E-state index contributed by atoms with van der Waals surface area (Å²) in [4.78, 5) is 50.1. The highest BCUT2D eigenvalue weighted by molar-refractivity contribution is 6.18. The van der Waals surface area contributed by atoms with E-state index in [1.807, 2.05) is 19.1 Å². The molecule has 0 aliphatic carbocycles. The van der Waals surface area contributed by atoms with E-state index in [0.717, 1.165) is 11.1 Å². The van der Waals surface area contributed by atoms with Crippen molar-refractivity contribution in [1.82, 2.24) is 0 Å². The average molecular weight is 494 g/mol. The van der Waals surface area contributed by atoms with Gasteiger partial charge in [0.05, 0.1) is 6.61 Å². The van der Waals surface area contributed by atoms with E-state index in [2.05, 4.69) is 0 Å². The van der Waals surface area contributed by atoms with E-state index < -0.39 is 17.2 Å². The van der Waals surface area contributed by atoms with Crippen LogP contribution < -0.4 is 11.3 Å². The number of esters is 1. The van der Waals surface area contributed by atoms with Crippen molar-refractivity contribution in [2.45, 2.75) is 20.8 Å². The molecule has 0 saturated carbocycles. The molecular weight excluding hydrogens is 472 g/mol. The monoisotopic (exact) mass is 494 g/mol. The molecule has 0 bridgehead atoms. The van der Waals surface area contributed by atoms with Crippen LogP contribution in [0.3, 0.4) is 0 Å². The lowest BCUT2D eigenvalue weighted by atomic mass is 9.96. The smallest absolute Gasteiger partial charge is 0.351 e. The van der Waals surface area contributed by atoms with Crippen molar-refractivity contribution in [1.29, 1.82) is 0 Å². The molecule has 0 aliphatic heterocycles. The summed E-state index contributed by atoms with van der Waals surface area (Å²) in [7, 11) is 0. The summed E-state index contributed by atoms with van der Waals surface area (Å²) >= 11 is 0. The third-order valence-electron chi connectivity index (χ3n) is 6.19. The second-order valence-corrected chi connectivity index (χ2v) is 8.73. The van der Waals surface area contributed by atoms with Gasteiger partial charge in [-0.05, 0) is 56.2 Å². The van der Waals surface area contributed by atoms with Crippen LogP contribution in [-0.4, -0.2) is 18.4 Å². The summed E-state index contributed by atoms with van der Waals surface area (Å²) in [5, 5.41) is 2.16. The average Bonchev–Trinajstić information content (AvgIpc) is 2.87. The maximum atomic E-state index is 12.9. The van der Waals surface area contributed by atoms with E-state index >= 15 is 0 Å². The Bertz CT molecular complexity index is 1870. The Morgan fingerprint density at radius 2 is 1.62 bits per heavy atom. The maximum absolute atomic E-state index is 12.9. The molecule has 2 heterocycles. The van der Waals surface area contributed by atoms with Gasteiger partial charge in [0, 0.05) is 33.2 Å². The van der Waals surface area contributed by atoms with E-state index in [1.54, 1.807) is 50.3 Å². The van der Waals surface area contributed by atoms with Crippen LogP contribution in [0.1, 0.15) is 44.3 Å². The van der Waals surface area contributed by atoms with Gasteiger partial charge < -0.3 is 13.6 Å². The highest BCUT2D eigenvalue weighted by Gasteiger charge is 2.19. The van der Waals surface area contributed by atoms with Crippen LogP contribution in [0.15, 0.2) is 79.1 Å². The molecule has 0 saturated heterocycles. The van der Waals surface area contributed by atoms with Gasteiger partial charge in [-0.2, -0.15) is 0 Å². The Labute approximate surface area is 210 Å². The lowest BCUT2D eigenvalue weighted by molar-refractivity contribution is 0.0521. The summed E-state index contributed by atoms with van der Waals surface area (Å²) in [6, 6.07) is 15.2. The molecule has 3 aromatic carbocycles. The highest BCUT2D eigenvalue weighted by Crippen LogP contribution is 2.35. The molecule has 2 aromatic heterocycles. The minimum absolute atomic E-state index is 0.105. The molecule has 7 heteroatoms. The van der Waals surface area contributed by atoms with Crippen LogP contribution in [0.2, 0.25) is 0 Å². The number of rotatable bonds is 5. The fraction of sp³-hybridized carbons (Fsp3) is 0.133. The van der Waals surface area contributed by atoms with Crippen LogP contribution >= 0.6 is 0 Å². The van der Waals surface area contributed by atoms with Gasteiger partial charge in [0.1, 0.15) is 16.7 Å². The molecule has 0 N–H and O–H groups in total. The molecule has 7 nitrogen and oxygen atoms in total. The summed E-state index contributed by atoms with van der Waals surface area (Å²) in [6.45, 7) is 5.49. The van der Waals surface area contributed by atoms with Gasteiger partial charge in [0.25, 0.3) is 0 Å². The summed E-state index contributed by atoms with van der Waals surface area (Å²) in [6.07, 6.45) is 3.06. The number of hydrogen-bond donors (Lipinski definition) is 0. The first-order chi connectivity index (χ1) is 17.8. The van der Waals surface area contributed by atoms with E-state index in [-0.39, 0.29) is 23.5 Å². The Morgan fingerprint density at radius 1 is 0.892 bits per heavy atom. The molecule has 0 amide bonds. The number of ether oxygens (including phenoxy) is 1. The van der Waals surface area contributed by atoms with Gasteiger partial charge in [0.2, 0.25) is 0 Å². The quantitative estimate of drug-likeness (QED) is 0.101. The zero-order valence-electron chi connectivity index (χ0n) is 20.4. The van der Waals surface area contributed by atoms with Crippen LogP contribution in [0.4, 0.5) is 0 Å². The van der Waals surface area contributed by atoms with Crippen molar-refractivity contribution >= 4 is 50.5 Å². The van der Waals surface area contributed by atoms with Crippen molar-refractivity contribution in [2.75, 3.05) is 6.61 Å². The lowest BCUT2D eigenvalue weighted by Crippen LogP contribution is -2.16. The molecule has 0 unspecified atom stereocenters. The number of carbonyl (C=O) groups excluding carboxylic acids is 2. The van der Waals surface area contributed by atoms with E-state index in [4.69, 9.17) is 13.6 Å². The first-order valence-electron chi connectivity index (χ1n) is 11.7. The van der Waals surface area contributed by atoms with E-state index in [9.17, 15) is 19.2 Å². The Balaban J connectivity index is 1.81. The molecule has 5 aromatic rings. The fourth-order valence-corrected chi connectivity index (χ4v) is 4.37. The van der Waals surface area contributed by atoms with E-state index in [1.165, 1.54) is 18.2 Å². The first kappa shape index (κ1) is 23.9. The molecule has 184 valence electrons. The van der Waals surface area contributed by atoms with Gasteiger partial charge in [-0.1, -0.05) is 42.0 Å². The standard InChI is InChI=1S/C30H22O7/c1-4-35-29(33)23-15-20-14-19(9-12-24(31)18-7-5-16(2)6-8-18)26-22(27(20)37-30(23)34)11-10-21-17(3)13-25(32)36-28(21)26/h5-15H,4H2,1-3H3/b12-9+. The molecular formula is C30H22O7. The van der Waals surface area contributed by atoms with E-state index in [0.29, 0.717) is 38.3 Å². The van der Waals surface area contributed by atoms with Crippen molar-refractivity contribution in [3.05, 3.63) is 109 Å². The maximum Gasteiger partial charge on any atom is 0.351 e. The van der Waals surface area contributed by atoms with Gasteiger partial charge >= 0.3 is 17.2 Å². The second-order valence-electron chi connectivity index (χ2n) is 8.73. The fourth-order valence-electron chi connectivity index (χ4n) is 4.37. The zero-order chi connectivity index (χ0) is 26.3. The minimum Gasteiger partial charge on any atom is -0.462 e. The number of benzene rings is 3. The van der Waals surface area contributed by atoms with Crippen LogP contribution in [-0.2, 0) is 4.74 Å². The van der Waals surface area contributed by atoms with Gasteiger partial charge in [-0.25, -0.2) is 14.4 Å². The first-order valence-corrected chi connectivity index (χ1v) is 11.7. The molecule has 37 heavy (non-hydrogen) atoms. The SMILES string of the molecule is CCOC(=O)c1cc2cc(/C=C/C(=O)c3ccc(C)cc3)c3c(ccc4c(C)cc(=O)oc43)c2oc1=O. The number of aryl methyl sites for hydroxylation is 2. The number of fused-ring (bicyclic) bond motifs is 5. The van der Waals surface area contributed by atoms with Crippen molar-refractivity contribution < 1.29 is 23.2 Å². The molecule has 0 atom stereocenters. The summed E-state index contributed by atoms with van der Waals surface area (Å²) in [5.41, 5.74) is 1.77. The van der Waals surface area contributed by atoms with Gasteiger partial charge in [-0.15, -0.1) is 0 Å². The summed E-state index contributed by atoms with van der Waals surface area (Å²) in [5.74, 6) is -0.997. The van der Waals surface area contributed by atoms with Gasteiger partial charge in [0.15, 0.2) is 5.78 Å². The summed E-state index contributed by atoms with van der Waals surface area (Å²) < 4.78 is 16.2. The van der Waals surface area contributed by atoms with Crippen molar-refractivity contribution in [3.63, 3.8) is 0 Å². The Hall–Kier alpha value is -4.78. The van der Waals surface area contributed by atoms with Crippen LogP contribution in [0.5, 0.6) is 0 Å². The Morgan fingerprint density at radius 3 is 2.35 bits per heavy atom. The zero-order valence-corrected chi connectivity index (χ0v) is 20.4. The number of ketones is 1.